The molecule has 0 saturated carbocycles. The number of nitroso groups, excluding NO2 is 1. The lowest BCUT2D eigenvalue weighted by molar-refractivity contribution is -0.735. The first-order chi connectivity index (χ1) is 14.5. The molecule has 4 fully saturated rings. The zero-order valence-electron chi connectivity index (χ0n) is 17.6. The molecule has 0 aromatic rings. The molecule has 4 heterocycles. The predicted molar refractivity (Wildman–Crippen MR) is 105 cm³/mol. The molecule has 4 aliphatic rings. The van der Waals surface area contributed by atoms with Crippen molar-refractivity contribution in [2.75, 3.05) is 39.0 Å². The van der Waals surface area contributed by atoms with Gasteiger partial charge in [0.2, 0.25) is 15.9 Å². The van der Waals surface area contributed by atoms with Crippen LogP contribution in [0.2, 0.25) is 0 Å². The molecule has 176 valence electrons. The minimum Gasteiger partial charge on any atom is -0.342 e. The minimum atomic E-state index is -4.78. The van der Waals surface area contributed by atoms with E-state index in [0.29, 0.717) is 51.9 Å². The highest BCUT2D eigenvalue weighted by molar-refractivity contribution is 7.88. The van der Waals surface area contributed by atoms with Crippen LogP contribution in [0.4, 0.5) is 13.2 Å². The fourth-order valence-electron chi connectivity index (χ4n) is 5.98. The fraction of sp³-hybridized carbons (Fsp3) is 0.947. The molecule has 0 aromatic carbocycles. The summed E-state index contributed by atoms with van der Waals surface area (Å²) in [5.74, 6) is -1.69. The van der Waals surface area contributed by atoms with Gasteiger partial charge in [-0.05, 0) is 50.4 Å². The first-order valence-corrected chi connectivity index (χ1v) is 12.9. The van der Waals surface area contributed by atoms with Gasteiger partial charge < -0.3 is 4.90 Å². The van der Waals surface area contributed by atoms with Crippen LogP contribution in [0, 0.1) is 22.7 Å². The molecule has 4 rings (SSSR count). The summed E-state index contributed by atoms with van der Waals surface area (Å²) in [6.07, 6.45) is 0.178. The van der Waals surface area contributed by atoms with Crippen molar-refractivity contribution < 1.29 is 31.3 Å². The number of nitrogens with zero attached hydrogens (tertiary/aromatic N) is 4. The van der Waals surface area contributed by atoms with Crippen LogP contribution in [0.5, 0.6) is 0 Å². The number of alkyl halides is 3. The summed E-state index contributed by atoms with van der Waals surface area (Å²) < 4.78 is 66.5. The van der Waals surface area contributed by atoms with Gasteiger partial charge in [0.25, 0.3) is 0 Å². The number of piperidine rings is 2. The molecular weight excluding hydrogens is 437 g/mol. The fourth-order valence-corrected chi connectivity index (χ4v) is 6.86. The number of halogens is 3. The van der Waals surface area contributed by atoms with Crippen LogP contribution in [0.1, 0.15) is 38.5 Å². The van der Waals surface area contributed by atoms with Crippen LogP contribution >= 0.6 is 0 Å². The van der Waals surface area contributed by atoms with Gasteiger partial charge in [-0.1, -0.05) is 0 Å². The standard InChI is InChI=1S/C19H30F3N4O4S/c1-31(29,30)24-9-4-13(5-10-24)14-6-11-25-15(12-14)16(17(26(25)28)19(20,21)22)18(27)23-7-2-3-8-23/h13-17H,2-12H2,1H3/q+1. The van der Waals surface area contributed by atoms with Crippen molar-refractivity contribution in [2.24, 2.45) is 17.8 Å². The maximum Gasteiger partial charge on any atom is 0.460 e. The van der Waals surface area contributed by atoms with Crippen molar-refractivity contribution in [1.82, 2.24) is 14.2 Å². The molecule has 0 spiro atoms. The zero-order valence-corrected chi connectivity index (χ0v) is 18.4. The first-order valence-electron chi connectivity index (χ1n) is 11.0. The third-order valence-corrected chi connectivity index (χ3v) is 8.88. The molecule has 4 saturated heterocycles. The topological polar surface area (TPSA) is 81.0 Å². The molecule has 4 atom stereocenters. The van der Waals surface area contributed by atoms with E-state index in [2.05, 4.69) is 0 Å². The monoisotopic (exact) mass is 467 g/mol. The Morgan fingerprint density at radius 2 is 1.55 bits per heavy atom. The van der Waals surface area contributed by atoms with Gasteiger partial charge in [0, 0.05) is 26.2 Å². The predicted octanol–water partition coefficient (Wildman–Crippen LogP) is 1.62. The van der Waals surface area contributed by atoms with Crippen molar-refractivity contribution in [3.8, 4) is 0 Å². The van der Waals surface area contributed by atoms with Crippen molar-refractivity contribution in [3.05, 3.63) is 4.91 Å². The number of fused-ring (bicyclic) bond motifs is 1. The molecule has 4 unspecified atom stereocenters. The van der Waals surface area contributed by atoms with E-state index in [1.807, 2.05) is 0 Å². The van der Waals surface area contributed by atoms with Gasteiger partial charge >= 0.3 is 12.2 Å². The lowest BCUT2D eigenvalue weighted by atomic mass is 9.74. The Bertz CT molecular complexity index is 822. The SMILES string of the molecule is CS(=O)(=O)N1CCC(C2CCN3C(C2)C(C(=O)N2CCCC2)C(C(F)(F)F)[N+]3=O)CC1. The normalized spacial score (nSPS) is 33.7. The number of sulfonamides is 1. The summed E-state index contributed by atoms with van der Waals surface area (Å²) in [6.45, 7) is 1.89. The number of carbonyl (C=O) groups excluding carboxylic acids is 1. The number of amides is 1. The summed E-state index contributed by atoms with van der Waals surface area (Å²) in [4.78, 5) is 27.2. The molecule has 0 aliphatic carbocycles. The maximum atomic E-state index is 13.9. The molecule has 4 aliphatic heterocycles. The van der Waals surface area contributed by atoms with Crippen LogP contribution in [-0.4, -0.2) is 90.6 Å². The van der Waals surface area contributed by atoms with Gasteiger partial charge in [-0.15, -0.1) is 5.01 Å². The molecular formula is C19H30F3N4O4S+. The van der Waals surface area contributed by atoms with Crippen LogP contribution in [-0.2, 0) is 14.8 Å². The van der Waals surface area contributed by atoms with Crippen LogP contribution in [0.3, 0.4) is 0 Å². The Morgan fingerprint density at radius 1 is 0.968 bits per heavy atom. The van der Waals surface area contributed by atoms with E-state index in [9.17, 15) is 31.3 Å². The Hall–Kier alpha value is -1.43. The number of hydrogen-bond acceptors (Lipinski definition) is 4. The van der Waals surface area contributed by atoms with Gasteiger partial charge in [0.15, 0.2) is 0 Å². The summed E-state index contributed by atoms with van der Waals surface area (Å²) >= 11 is 0. The third-order valence-electron chi connectivity index (χ3n) is 7.57. The Labute approximate surface area is 180 Å². The van der Waals surface area contributed by atoms with E-state index in [4.69, 9.17) is 0 Å². The van der Waals surface area contributed by atoms with E-state index in [1.54, 1.807) is 0 Å². The number of hydrogen-bond donors (Lipinski definition) is 0. The van der Waals surface area contributed by atoms with Gasteiger partial charge in [-0.2, -0.15) is 13.2 Å². The highest BCUT2D eigenvalue weighted by Crippen LogP contribution is 2.46. The van der Waals surface area contributed by atoms with Gasteiger partial charge in [0.1, 0.15) is 16.8 Å². The van der Waals surface area contributed by atoms with E-state index in [0.717, 1.165) is 12.8 Å². The molecule has 0 radical (unpaired) electrons. The van der Waals surface area contributed by atoms with Gasteiger partial charge in [-0.25, -0.2) is 12.7 Å². The van der Waals surface area contributed by atoms with E-state index >= 15 is 0 Å². The molecule has 8 nitrogen and oxygen atoms in total. The summed E-state index contributed by atoms with van der Waals surface area (Å²) in [5.41, 5.74) is 0. The van der Waals surface area contributed by atoms with Crippen LogP contribution in [0.25, 0.3) is 0 Å². The molecule has 31 heavy (non-hydrogen) atoms. The number of carbonyl (C=O) groups is 1. The highest BCUT2D eigenvalue weighted by Gasteiger charge is 2.71. The van der Waals surface area contributed by atoms with Crippen molar-refractivity contribution >= 4 is 15.9 Å². The second-order valence-electron chi connectivity index (χ2n) is 9.36. The lowest BCUT2D eigenvalue weighted by Crippen LogP contribution is -2.50. The summed E-state index contributed by atoms with van der Waals surface area (Å²) in [6, 6.07) is -3.10. The summed E-state index contributed by atoms with van der Waals surface area (Å²) in [5, 5.41) is 1.22. The average Bonchev–Trinajstić information content (AvgIpc) is 3.33. The highest BCUT2D eigenvalue weighted by atomic mass is 32.2. The van der Waals surface area contributed by atoms with Crippen LogP contribution < -0.4 is 0 Å². The molecule has 1 amide bonds. The summed E-state index contributed by atoms with van der Waals surface area (Å²) in [7, 11) is -3.25. The number of likely N-dealkylation sites (tertiary alicyclic amines) is 1. The molecule has 0 aromatic heterocycles. The van der Waals surface area contributed by atoms with E-state index < -0.39 is 40.1 Å². The average molecular weight is 468 g/mol. The minimum absolute atomic E-state index is 0.0196. The zero-order chi connectivity index (χ0) is 22.6. The van der Waals surface area contributed by atoms with Gasteiger partial charge in [-0.3, -0.25) is 4.79 Å². The van der Waals surface area contributed by atoms with Crippen molar-refractivity contribution in [2.45, 2.75) is 56.8 Å². The molecule has 0 N–H and O–H groups in total. The van der Waals surface area contributed by atoms with E-state index in [1.165, 1.54) is 20.5 Å². The Balaban J connectivity index is 1.52. The van der Waals surface area contributed by atoms with Crippen LogP contribution in [0.15, 0.2) is 0 Å². The third kappa shape index (κ3) is 4.29. The maximum absolute atomic E-state index is 13.9. The molecule has 12 heteroatoms. The van der Waals surface area contributed by atoms with Gasteiger partial charge in [0.05, 0.1) is 17.7 Å². The lowest BCUT2D eigenvalue weighted by Gasteiger charge is -2.39. The Kier molecular flexibility index (Phi) is 5.99. The number of rotatable bonds is 3. The van der Waals surface area contributed by atoms with Crippen molar-refractivity contribution in [1.29, 1.82) is 0 Å². The Morgan fingerprint density at radius 3 is 2.10 bits per heavy atom. The van der Waals surface area contributed by atoms with Crippen molar-refractivity contribution in [3.63, 3.8) is 0 Å². The van der Waals surface area contributed by atoms with E-state index in [-0.39, 0.29) is 23.2 Å². The second kappa shape index (κ2) is 8.17. The first kappa shape index (κ1) is 22.8. The molecule has 0 bridgehead atoms. The second-order valence-corrected chi connectivity index (χ2v) is 11.3. The smallest absolute Gasteiger partial charge is 0.342 e. The largest absolute Gasteiger partial charge is 0.460 e. The quantitative estimate of drug-likeness (QED) is 0.590. The number of hydrazine groups is 1.